The van der Waals surface area contributed by atoms with E-state index in [1.165, 1.54) is 4.70 Å². The number of anilines is 1. The summed E-state index contributed by atoms with van der Waals surface area (Å²) in [5, 5.41) is 1.08. The summed E-state index contributed by atoms with van der Waals surface area (Å²) < 4.78 is 6.45. The van der Waals surface area contributed by atoms with Crippen molar-refractivity contribution < 1.29 is 4.74 Å². The van der Waals surface area contributed by atoms with Crippen molar-refractivity contribution in [1.82, 2.24) is 4.98 Å². The lowest BCUT2D eigenvalue weighted by molar-refractivity contribution is 0.415. The summed E-state index contributed by atoms with van der Waals surface area (Å²) in [4.78, 5) is 6.59. The van der Waals surface area contributed by atoms with Crippen LogP contribution >= 0.6 is 11.3 Å². The van der Waals surface area contributed by atoms with Gasteiger partial charge in [0.05, 0.1) is 22.5 Å². The topological polar surface area (TPSA) is 25.4 Å². The normalized spacial score (nSPS) is 10.7. The number of thiazole rings is 1. The Morgan fingerprint density at radius 2 is 2.07 bits per heavy atom. The summed E-state index contributed by atoms with van der Waals surface area (Å²) >= 11 is 1.70. The molecule has 0 aliphatic rings. The van der Waals surface area contributed by atoms with Gasteiger partial charge in [-0.2, -0.15) is 0 Å². The molecule has 0 N–H and O–H groups in total. The predicted octanol–water partition coefficient (Wildman–Crippen LogP) is 2.68. The van der Waals surface area contributed by atoms with Gasteiger partial charge in [0.25, 0.3) is 0 Å². The maximum absolute atomic E-state index is 5.27. The van der Waals surface area contributed by atoms with Crippen LogP contribution in [0, 0.1) is 6.92 Å². The van der Waals surface area contributed by atoms with Crippen molar-refractivity contribution >= 4 is 27.2 Å². The Hall–Kier alpha value is -1.29. The van der Waals surface area contributed by atoms with E-state index in [-0.39, 0.29) is 0 Å². The number of aryl methyl sites for hydroxylation is 1. The van der Waals surface area contributed by atoms with Gasteiger partial charge in [0.1, 0.15) is 11.3 Å². The van der Waals surface area contributed by atoms with Crippen LogP contribution in [-0.4, -0.2) is 26.2 Å². The fourth-order valence-corrected chi connectivity index (χ4v) is 2.43. The lowest BCUT2D eigenvalue weighted by atomic mass is 10.2. The summed E-state index contributed by atoms with van der Waals surface area (Å²) in [5.41, 5.74) is 2.16. The van der Waals surface area contributed by atoms with Gasteiger partial charge in [-0.25, -0.2) is 4.98 Å². The van der Waals surface area contributed by atoms with Crippen LogP contribution in [0.25, 0.3) is 10.2 Å². The van der Waals surface area contributed by atoms with E-state index < -0.39 is 0 Å². The minimum absolute atomic E-state index is 0.884. The first-order valence-electron chi connectivity index (χ1n) is 4.74. The summed E-state index contributed by atoms with van der Waals surface area (Å²) in [6.45, 7) is 2.02. The molecule has 4 heteroatoms. The van der Waals surface area contributed by atoms with Gasteiger partial charge in [0, 0.05) is 20.2 Å². The number of aromatic nitrogens is 1. The van der Waals surface area contributed by atoms with Crippen LogP contribution in [0.1, 0.15) is 5.01 Å². The number of ether oxygens (including phenoxy) is 1. The van der Waals surface area contributed by atoms with Gasteiger partial charge in [-0.15, -0.1) is 11.3 Å². The van der Waals surface area contributed by atoms with E-state index >= 15 is 0 Å². The number of hydrogen-bond acceptors (Lipinski definition) is 4. The molecule has 0 fully saturated rings. The van der Waals surface area contributed by atoms with Crippen molar-refractivity contribution in [2.45, 2.75) is 6.92 Å². The summed E-state index contributed by atoms with van der Waals surface area (Å²) in [7, 11) is 5.72. The fourth-order valence-electron chi connectivity index (χ4n) is 1.56. The van der Waals surface area contributed by atoms with E-state index in [1.54, 1.807) is 18.4 Å². The maximum Gasteiger partial charge on any atom is 0.122 e. The van der Waals surface area contributed by atoms with Gasteiger partial charge in [0.15, 0.2) is 0 Å². The Balaban J connectivity index is 2.73. The Morgan fingerprint density at radius 1 is 1.33 bits per heavy atom. The van der Waals surface area contributed by atoms with Crippen LogP contribution < -0.4 is 9.64 Å². The minimum Gasteiger partial charge on any atom is -0.497 e. The molecule has 80 valence electrons. The van der Waals surface area contributed by atoms with E-state index in [0.29, 0.717) is 0 Å². The highest BCUT2D eigenvalue weighted by atomic mass is 32.1. The van der Waals surface area contributed by atoms with Gasteiger partial charge < -0.3 is 9.64 Å². The Bertz CT molecular complexity index is 491. The minimum atomic E-state index is 0.884. The molecule has 1 heterocycles. The molecule has 0 unspecified atom stereocenters. The third-order valence-corrected chi connectivity index (χ3v) is 3.19. The number of fused-ring (bicyclic) bond motifs is 1. The largest absolute Gasteiger partial charge is 0.497 e. The summed E-state index contributed by atoms with van der Waals surface area (Å²) in [6, 6.07) is 4.05. The highest BCUT2D eigenvalue weighted by Crippen LogP contribution is 2.33. The predicted molar refractivity (Wildman–Crippen MR) is 65.2 cm³/mol. The summed E-state index contributed by atoms with van der Waals surface area (Å²) in [5.74, 6) is 0.884. The van der Waals surface area contributed by atoms with Gasteiger partial charge in [0.2, 0.25) is 0 Å². The molecule has 0 saturated heterocycles. The standard InChI is InChI=1S/C11H14N2OS/c1-7-12-11-9(13(2)3)5-8(14-4)6-10(11)15-7/h5-6H,1-4H3. The van der Waals surface area contributed by atoms with Gasteiger partial charge in [-0.1, -0.05) is 0 Å². The van der Waals surface area contributed by atoms with Crippen molar-refractivity contribution in [1.29, 1.82) is 0 Å². The van der Waals surface area contributed by atoms with Crippen LogP contribution in [0.4, 0.5) is 5.69 Å². The van der Waals surface area contributed by atoms with Gasteiger partial charge in [-0.05, 0) is 13.0 Å². The van der Waals surface area contributed by atoms with Crippen molar-refractivity contribution in [3.63, 3.8) is 0 Å². The lowest BCUT2D eigenvalue weighted by Gasteiger charge is -2.14. The summed E-state index contributed by atoms with van der Waals surface area (Å²) in [6.07, 6.45) is 0. The van der Waals surface area contributed by atoms with Crippen LogP contribution in [-0.2, 0) is 0 Å². The van der Waals surface area contributed by atoms with Gasteiger partial charge in [-0.3, -0.25) is 0 Å². The number of benzene rings is 1. The number of rotatable bonds is 2. The molecule has 1 aromatic carbocycles. The maximum atomic E-state index is 5.27. The molecule has 3 nitrogen and oxygen atoms in total. The Morgan fingerprint density at radius 3 is 2.67 bits per heavy atom. The second-order valence-corrected chi connectivity index (χ2v) is 4.86. The molecular weight excluding hydrogens is 208 g/mol. The molecule has 0 bridgehead atoms. The fraction of sp³-hybridized carbons (Fsp3) is 0.364. The van der Waals surface area contributed by atoms with Crippen molar-refractivity contribution in [2.24, 2.45) is 0 Å². The molecule has 0 radical (unpaired) electrons. The first-order valence-corrected chi connectivity index (χ1v) is 5.56. The molecule has 0 spiro atoms. The first kappa shape index (κ1) is 10.2. The van der Waals surface area contributed by atoms with E-state index in [9.17, 15) is 0 Å². The third kappa shape index (κ3) is 1.77. The molecule has 0 saturated carbocycles. The number of hydrogen-bond donors (Lipinski definition) is 0. The Kier molecular flexibility index (Phi) is 2.52. The molecule has 2 aromatic rings. The van der Waals surface area contributed by atoms with Crippen molar-refractivity contribution in [2.75, 3.05) is 26.1 Å². The molecule has 0 amide bonds. The van der Waals surface area contributed by atoms with Gasteiger partial charge >= 0.3 is 0 Å². The molecular formula is C11H14N2OS. The smallest absolute Gasteiger partial charge is 0.122 e. The average molecular weight is 222 g/mol. The van der Waals surface area contributed by atoms with Crippen molar-refractivity contribution in [3.05, 3.63) is 17.1 Å². The monoisotopic (exact) mass is 222 g/mol. The highest BCUT2D eigenvalue weighted by molar-refractivity contribution is 7.18. The molecule has 0 aliphatic heterocycles. The molecule has 15 heavy (non-hydrogen) atoms. The molecule has 2 rings (SSSR count). The first-order chi connectivity index (χ1) is 7.11. The number of nitrogens with zero attached hydrogens (tertiary/aromatic N) is 2. The molecule has 0 aliphatic carbocycles. The second kappa shape index (κ2) is 3.70. The average Bonchev–Trinajstić information content (AvgIpc) is 2.55. The van der Waals surface area contributed by atoms with Crippen LogP contribution in [0.5, 0.6) is 5.75 Å². The van der Waals surface area contributed by atoms with E-state index in [1.807, 2.05) is 33.2 Å². The SMILES string of the molecule is COc1cc(N(C)C)c2nc(C)sc2c1. The third-order valence-electron chi connectivity index (χ3n) is 2.27. The van der Waals surface area contributed by atoms with Crippen LogP contribution in [0.3, 0.4) is 0 Å². The number of methoxy groups -OCH3 is 1. The van der Waals surface area contributed by atoms with Crippen molar-refractivity contribution in [3.8, 4) is 5.75 Å². The van der Waals surface area contributed by atoms with E-state index in [2.05, 4.69) is 9.88 Å². The van der Waals surface area contributed by atoms with Crippen LogP contribution in [0.15, 0.2) is 12.1 Å². The Labute approximate surface area is 93.3 Å². The zero-order chi connectivity index (χ0) is 11.0. The van der Waals surface area contributed by atoms with Crippen LogP contribution in [0.2, 0.25) is 0 Å². The second-order valence-electron chi connectivity index (χ2n) is 3.62. The molecule has 1 aromatic heterocycles. The van der Waals surface area contributed by atoms with E-state index in [4.69, 9.17) is 4.74 Å². The molecule has 0 atom stereocenters. The zero-order valence-corrected chi connectivity index (χ0v) is 10.2. The van der Waals surface area contributed by atoms with E-state index in [0.717, 1.165) is 22.0 Å². The quantitative estimate of drug-likeness (QED) is 0.781. The lowest BCUT2D eigenvalue weighted by Crippen LogP contribution is -2.09. The zero-order valence-electron chi connectivity index (χ0n) is 9.37. The highest BCUT2D eigenvalue weighted by Gasteiger charge is 2.10.